The number of nitrogens with one attached hydrogen (secondary N) is 2. The summed E-state index contributed by atoms with van der Waals surface area (Å²) in [4.78, 5) is 39.6. The van der Waals surface area contributed by atoms with Crippen LogP contribution >= 0.6 is 23.1 Å². The number of carbonyl (C=O) groups excluding carboxylic acids is 2. The third-order valence-electron chi connectivity index (χ3n) is 3.72. The molecule has 0 fully saturated rings. The molecule has 0 spiro atoms. The van der Waals surface area contributed by atoms with Gasteiger partial charge in [0.1, 0.15) is 12.2 Å². The summed E-state index contributed by atoms with van der Waals surface area (Å²) in [6, 6.07) is 5.42. The topological polar surface area (TPSA) is 118 Å². The number of rotatable bonds is 10. The summed E-state index contributed by atoms with van der Waals surface area (Å²) >= 11 is 2.54. The van der Waals surface area contributed by atoms with Crippen molar-refractivity contribution in [2.24, 2.45) is 5.92 Å². The van der Waals surface area contributed by atoms with Gasteiger partial charge >= 0.3 is 5.97 Å². The second-order valence-electron chi connectivity index (χ2n) is 7.01. The van der Waals surface area contributed by atoms with Crippen molar-refractivity contribution in [3.63, 3.8) is 0 Å². The van der Waals surface area contributed by atoms with Crippen molar-refractivity contribution in [3.8, 4) is 5.75 Å². The molecule has 0 aliphatic rings. The molecule has 2 aromatic rings. The van der Waals surface area contributed by atoms with Crippen LogP contribution in [-0.4, -0.2) is 40.7 Å². The first-order chi connectivity index (χ1) is 14.2. The van der Waals surface area contributed by atoms with Crippen LogP contribution in [0.1, 0.15) is 31.5 Å². The van der Waals surface area contributed by atoms with Crippen molar-refractivity contribution in [1.82, 2.24) is 4.98 Å². The van der Waals surface area contributed by atoms with Gasteiger partial charge in [0, 0.05) is 0 Å². The zero-order chi connectivity index (χ0) is 22.3. The molecule has 1 aromatic carbocycles. The number of thiazole rings is 1. The Morgan fingerprint density at radius 2 is 1.93 bits per heavy atom. The number of aliphatic carboxylic acids is 1. The Morgan fingerprint density at radius 1 is 1.23 bits per heavy atom. The zero-order valence-corrected chi connectivity index (χ0v) is 18.9. The highest BCUT2D eigenvalue weighted by molar-refractivity contribution is 8.00. The van der Waals surface area contributed by atoms with E-state index in [0.29, 0.717) is 33.9 Å². The molecule has 8 nitrogen and oxygen atoms in total. The highest BCUT2D eigenvalue weighted by atomic mass is 32.2. The fourth-order valence-electron chi connectivity index (χ4n) is 2.42. The molecular formula is C20H25N3O5S2. The first-order valence-electron chi connectivity index (χ1n) is 9.26. The number of aromatic nitrogens is 1. The molecule has 0 bridgehead atoms. The van der Waals surface area contributed by atoms with Crippen LogP contribution in [0.2, 0.25) is 0 Å². The lowest BCUT2D eigenvalue weighted by atomic mass is 10.2. The quantitative estimate of drug-likeness (QED) is 0.371. The van der Waals surface area contributed by atoms with Crippen molar-refractivity contribution in [2.75, 3.05) is 23.5 Å². The summed E-state index contributed by atoms with van der Waals surface area (Å²) in [5.41, 5.74) is 1.89. The van der Waals surface area contributed by atoms with Crippen molar-refractivity contribution < 1.29 is 24.2 Å². The molecule has 10 heteroatoms. The maximum absolute atomic E-state index is 12.3. The van der Waals surface area contributed by atoms with E-state index in [9.17, 15) is 14.4 Å². The third kappa shape index (κ3) is 7.34. The number of aryl methyl sites for hydroxylation is 1. The summed E-state index contributed by atoms with van der Waals surface area (Å²) in [7, 11) is 0. The van der Waals surface area contributed by atoms with Gasteiger partial charge in [0.15, 0.2) is 5.13 Å². The molecular weight excluding hydrogens is 426 g/mol. The predicted molar refractivity (Wildman–Crippen MR) is 119 cm³/mol. The minimum Gasteiger partial charge on any atom is -0.491 e. The fourth-order valence-corrected chi connectivity index (χ4v) is 4.07. The molecule has 30 heavy (non-hydrogen) atoms. The number of nitrogens with zero attached hydrogens (tertiary/aromatic N) is 1. The average molecular weight is 452 g/mol. The Bertz CT molecular complexity index is 927. The number of ether oxygens (including phenoxy) is 1. The minimum absolute atomic E-state index is 0.227. The van der Waals surface area contributed by atoms with Crippen LogP contribution in [0.3, 0.4) is 0 Å². The van der Waals surface area contributed by atoms with E-state index in [1.165, 1.54) is 23.1 Å². The van der Waals surface area contributed by atoms with Crippen LogP contribution in [0.5, 0.6) is 5.75 Å². The lowest BCUT2D eigenvalue weighted by Gasteiger charge is -2.14. The van der Waals surface area contributed by atoms with Gasteiger partial charge in [0.2, 0.25) is 11.8 Å². The van der Waals surface area contributed by atoms with Gasteiger partial charge < -0.3 is 20.5 Å². The molecule has 0 saturated carbocycles. The SMILES string of the molecule is CSc1sc(NC(=O)CC(=O)Nc2ccc(C)cc2OCC(C)C)nc1CC(=O)O. The number of carboxylic acids is 1. The van der Waals surface area contributed by atoms with Gasteiger partial charge in [-0.1, -0.05) is 31.3 Å². The maximum Gasteiger partial charge on any atom is 0.309 e. The largest absolute Gasteiger partial charge is 0.491 e. The first kappa shape index (κ1) is 23.7. The molecule has 0 aliphatic heterocycles. The number of amides is 2. The summed E-state index contributed by atoms with van der Waals surface area (Å²) in [5.74, 6) is -1.14. The van der Waals surface area contributed by atoms with E-state index in [1.54, 1.807) is 12.3 Å². The first-order valence-corrected chi connectivity index (χ1v) is 11.3. The number of benzene rings is 1. The standard InChI is InChI=1S/C20H25N3O5S2/c1-11(2)10-28-15-7-12(3)5-6-13(15)21-16(24)9-17(25)23-20-22-14(8-18(26)27)19(29-4)30-20/h5-7,11H,8-10H2,1-4H3,(H,21,24)(H,26,27)(H,22,23,25). The van der Waals surface area contributed by atoms with E-state index in [1.807, 2.05) is 32.9 Å². The lowest BCUT2D eigenvalue weighted by Crippen LogP contribution is -2.22. The Labute approximate surface area is 183 Å². The van der Waals surface area contributed by atoms with Crippen molar-refractivity contribution >= 4 is 51.7 Å². The van der Waals surface area contributed by atoms with Crippen LogP contribution in [0.4, 0.5) is 10.8 Å². The summed E-state index contributed by atoms with van der Waals surface area (Å²) in [6.07, 6.45) is 1.17. The Morgan fingerprint density at radius 3 is 2.57 bits per heavy atom. The third-order valence-corrected chi connectivity index (χ3v) is 5.88. The second kappa shape index (κ2) is 11.0. The van der Waals surface area contributed by atoms with Gasteiger partial charge in [-0.05, 0) is 36.8 Å². The number of anilines is 2. The van der Waals surface area contributed by atoms with Crippen molar-refractivity contribution in [3.05, 3.63) is 29.5 Å². The normalized spacial score (nSPS) is 10.7. The number of carboxylic acid groups (broad SMARTS) is 1. The molecule has 3 N–H and O–H groups in total. The fraction of sp³-hybridized carbons (Fsp3) is 0.400. The summed E-state index contributed by atoms with van der Waals surface area (Å²) in [6.45, 7) is 6.49. The van der Waals surface area contributed by atoms with Crippen LogP contribution in [0.15, 0.2) is 22.4 Å². The number of carbonyl (C=O) groups is 3. The maximum atomic E-state index is 12.3. The number of hydrogen-bond acceptors (Lipinski definition) is 7. The van der Waals surface area contributed by atoms with Crippen LogP contribution in [-0.2, 0) is 20.8 Å². The second-order valence-corrected chi connectivity index (χ2v) is 9.08. The molecule has 1 aromatic heterocycles. The molecule has 2 rings (SSSR count). The summed E-state index contributed by atoms with van der Waals surface area (Å²) in [5, 5.41) is 14.5. The molecule has 1 heterocycles. The number of thioether (sulfide) groups is 1. The van der Waals surface area contributed by atoms with Crippen molar-refractivity contribution in [1.29, 1.82) is 0 Å². The molecule has 162 valence electrons. The van der Waals surface area contributed by atoms with Gasteiger partial charge in [-0.2, -0.15) is 0 Å². The van der Waals surface area contributed by atoms with E-state index in [-0.39, 0.29) is 11.6 Å². The predicted octanol–water partition coefficient (Wildman–Crippen LogP) is 3.80. The molecule has 0 atom stereocenters. The molecule has 0 radical (unpaired) electrons. The van der Waals surface area contributed by atoms with Gasteiger partial charge in [-0.15, -0.1) is 11.8 Å². The molecule has 0 aliphatic carbocycles. The molecule has 0 unspecified atom stereocenters. The van der Waals surface area contributed by atoms with Gasteiger partial charge in [0.05, 0.1) is 28.6 Å². The van der Waals surface area contributed by atoms with Crippen molar-refractivity contribution in [2.45, 2.75) is 37.8 Å². The number of hydrogen-bond donors (Lipinski definition) is 3. The van der Waals surface area contributed by atoms with Crippen LogP contribution in [0.25, 0.3) is 0 Å². The van der Waals surface area contributed by atoms with Crippen LogP contribution < -0.4 is 15.4 Å². The molecule has 0 saturated heterocycles. The Hall–Kier alpha value is -2.59. The minimum atomic E-state index is -0.999. The van der Waals surface area contributed by atoms with Crippen LogP contribution in [0, 0.1) is 12.8 Å². The van der Waals surface area contributed by atoms with E-state index in [4.69, 9.17) is 9.84 Å². The Kier molecular flexibility index (Phi) is 8.67. The highest BCUT2D eigenvalue weighted by Crippen LogP contribution is 2.31. The molecule has 2 amide bonds. The van der Waals surface area contributed by atoms with E-state index in [2.05, 4.69) is 15.6 Å². The summed E-state index contributed by atoms with van der Waals surface area (Å²) < 4.78 is 6.48. The monoisotopic (exact) mass is 451 g/mol. The zero-order valence-electron chi connectivity index (χ0n) is 17.3. The highest BCUT2D eigenvalue weighted by Gasteiger charge is 2.17. The van der Waals surface area contributed by atoms with E-state index < -0.39 is 24.2 Å². The average Bonchev–Trinajstić information content (AvgIpc) is 3.01. The lowest BCUT2D eigenvalue weighted by molar-refractivity contribution is -0.136. The Balaban J connectivity index is 1.99. The van der Waals surface area contributed by atoms with E-state index >= 15 is 0 Å². The van der Waals surface area contributed by atoms with Gasteiger partial charge in [0.25, 0.3) is 0 Å². The van der Waals surface area contributed by atoms with Gasteiger partial charge in [-0.3, -0.25) is 14.4 Å². The smallest absolute Gasteiger partial charge is 0.309 e. The van der Waals surface area contributed by atoms with Gasteiger partial charge in [-0.25, -0.2) is 4.98 Å². The van der Waals surface area contributed by atoms with E-state index in [0.717, 1.165) is 5.56 Å².